The topological polar surface area (TPSA) is 61.7 Å². The summed E-state index contributed by atoms with van der Waals surface area (Å²) in [4.78, 5) is 0. The molecule has 5 heteroatoms. The van der Waals surface area contributed by atoms with E-state index >= 15 is 0 Å². The van der Waals surface area contributed by atoms with Crippen LogP contribution in [-0.4, -0.2) is 17.4 Å². The Morgan fingerprint density at radius 1 is 1.57 bits per heavy atom. The summed E-state index contributed by atoms with van der Waals surface area (Å²) in [6.07, 6.45) is 0. The third-order valence-corrected chi connectivity index (χ3v) is 2.89. The van der Waals surface area contributed by atoms with Crippen LogP contribution < -0.4 is 10.2 Å². The lowest BCUT2D eigenvalue weighted by molar-refractivity contribution is 0.159. The Balaban J connectivity index is 3.29. The number of ether oxygens (including phenoxy) is 1. The van der Waals surface area contributed by atoms with E-state index in [-0.39, 0.29) is 12.3 Å². The molecule has 1 rings (SSSR count). The Kier molecular flexibility index (Phi) is 3.74. The van der Waals surface area contributed by atoms with E-state index in [0.29, 0.717) is 11.3 Å². The minimum absolute atomic E-state index is 0.0507. The number of aromatic hydroxyl groups is 1. The van der Waals surface area contributed by atoms with Crippen LogP contribution in [0.3, 0.4) is 0 Å². The van der Waals surface area contributed by atoms with Crippen LogP contribution in [0.2, 0.25) is 0 Å². The second kappa shape index (κ2) is 4.63. The third-order valence-electron chi connectivity index (χ3n) is 2.06. The number of methoxy groups -OCH3 is 1. The van der Waals surface area contributed by atoms with E-state index in [4.69, 9.17) is 9.94 Å². The molecule has 0 aliphatic carbocycles. The summed E-state index contributed by atoms with van der Waals surface area (Å²) in [5, 5.41) is 18.3. The SMILES string of the molecule is COc1cc(Br)c(C)c(CNO)c1O. The van der Waals surface area contributed by atoms with Gasteiger partial charge in [0.1, 0.15) is 0 Å². The summed E-state index contributed by atoms with van der Waals surface area (Å²) in [5.74, 6) is 0.433. The Bertz CT molecular complexity index is 341. The molecule has 3 N–H and O–H groups in total. The van der Waals surface area contributed by atoms with E-state index in [0.717, 1.165) is 10.0 Å². The van der Waals surface area contributed by atoms with Crippen LogP contribution in [-0.2, 0) is 6.54 Å². The van der Waals surface area contributed by atoms with E-state index in [2.05, 4.69) is 15.9 Å². The molecule has 14 heavy (non-hydrogen) atoms. The lowest BCUT2D eigenvalue weighted by Gasteiger charge is -2.12. The van der Waals surface area contributed by atoms with Crippen molar-refractivity contribution in [3.05, 3.63) is 21.7 Å². The molecule has 0 aliphatic heterocycles. The molecule has 1 aromatic rings. The number of phenols is 1. The Labute approximate surface area is 90.6 Å². The highest BCUT2D eigenvalue weighted by atomic mass is 79.9. The fraction of sp³-hybridized carbons (Fsp3) is 0.333. The molecule has 0 spiro atoms. The van der Waals surface area contributed by atoms with Gasteiger partial charge in [0.2, 0.25) is 0 Å². The maximum absolute atomic E-state index is 9.73. The second-order valence-electron chi connectivity index (χ2n) is 2.85. The zero-order valence-corrected chi connectivity index (χ0v) is 9.55. The molecule has 78 valence electrons. The first-order valence-corrected chi connectivity index (χ1v) is 4.83. The minimum atomic E-state index is 0.0507. The van der Waals surface area contributed by atoms with Gasteiger partial charge in [0.25, 0.3) is 0 Å². The Morgan fingerprint density at radius 3 is 2.71 bits per heavy atom. The summed E-state index contributed by atoms with van der Waals surface area (Å²) in [6, 6.07) is 1.69. The molecule has 0 unspecified atom stereocenters. The van der Waals surface area contributed by atoms with Crippen molar-refractivity contribution in [2.24, 2.45) is 0 Å². The van der Waals surface area contributed by atoms with E-state index in [1.165, 1.54) is 7.11 Å². The van der Waals surface area contributed by atoms with Crippen molar-refractivity contribution >= 4 is 15.9 Å². The molecular weight excluding hydrogens is 250 g/mol. The molecule has 0 radical (unpaired) electrons. The van der Waals surface area contributed by atoms with Gasteiger partial charge in [-0.3, -0.25) is 0 Å². The van der Waals surface area contributed by atoms with Gasteiger partial charge in [-0.05, 0) is 18.6 Å². The summed E-state index contributed by atoms with van der Waals surface area (Å²) in [7, 11) is 1.48. The van der Waals surface area contributed by atoms with Gasteiger partial charge < -0.3 is 15.1 Å². The normalized spacial score (nSPS) is 10.3. The number of benzene rings is 1. The van der Waals surface area contributed by atoms with Crippen molar-refractivity contribution in [1.29, 1.82) is 0 Å². The summed E-state index contributed by atoms with van der Waals surface area (Å²) in [5.41, 5.74) is 3.48. The standard InChI is InChI=1S/C9H12BrNO3/c1-5-6(4-11-13)9(12)8(14-2)3-7(5)10/h3,11-13H,4H2,1-2H3. The van der Waals surface area contributed by atoms with E-state index in [1.807, 2.05) is 12.4 Å². The van der Waals surface area contributed by atoms with Gasteiger partial charge in [0.05, 0.1) is 7.11 Å². The largest absolute Gasteiger partial charge is 0.504 e. The van der Waals surface area contributed by atoms with Crippen molar-refractivity contribution in [3.8, 4) is 11.5 Å². The van der Waals surface area contributed by atoms with Crippen LogP contribution in [0.15, 0.2) is 10.5 Å². The summed E-state index contributed by atoms with van der Waals surface area (Å²) in [6.45, 7) is 2.02. The van der Waals surface area contributed by atoms with Gasteiger partial charge in [-0.25, -0.2) is 5.48 Å². The van der Waals surface area contributed by atoms with Crippen LogP contribution >= 0.6 is 15.9 Å². The second-order valence-corrected chi connectivity index (χ2v) is 3.70. The first kappa shape index (κ1) is 11.3. The van der Waals surface area contributed by atoms with E-state index in [9.17, 15) is 5.11 Å². The summed E-state index contributed by atoms with van der Waals surface area (Å²) < 4.78 is 5.81. The zero-order valence-electron chi connectivity index (χ0n) is 7.97. The monoisotopic (exact) mass is 261 g/mol. The van der Waals surface area contributed by atoms with Crippen LogP contribution in [0.1, 0.15) is 11.1 Å². The molecule has 4 nitrogen and oxygen atoms in total. The van der Waals surface area contributed by atoms with Crippen molar-refractivity contribution < 1.29 is 15.1 Å². The minimum Gasteiger partial charge on any atom is -0.504 e. The van der Waals surface area contributed by atoms with Crippen molar-refractivity contribution in [1.82, 2.24) is 5.48 Å². The number of hydrogen-bond acceptors (Lipinski definition) is 4. The van der Waals surface area contributed by atoms with Gasteiger partial charge in [-0.15, -0.1) is 0 Å². The quantitative estimate of drug-likeness (QED) is 0.728. The van der Waals surface area contributed by atoms with Crippen LogP contribution in [0.25, 0.3) is 0 Å². The predicted molar refractivity (Wildman–Crippen MR) is 55.7 cm³/mol. The molecule has 0 saturated heterocycles. The maximum atomic E-state index is 9.73. The van der Waals surface area contributed by atoms with E-state index < -0.39 is 0 Å². The number of hydrogen-bond donors (Lipinski definition) is 3. The molecule has 0 heterocycles. The Hall–Kier alpha value is -0.780. The first-order valence-electron chi connectivity index (χ1n) is 4.03. The highest BCUT2D eigenvalue weighted by Gasteiger charge is 2.13. The molecule has 0 amide bonds. The molecule has 0 aromatic heterocycles. The molecule has 0 atom stereocenters. The molecule has 1 aromatic carbocycles. The highest BCUT2D eigenvalue weighted by Crippen LogP contribution is 2.36. The molecule has 0 aliphatic rings. The smallest absolute Gasteiger partial charge is 0.162 e. The van der Waals surface area contributed by atoms with Crippen molar-refractivity contribution in [2.45, 2.75) is 13.5 Å². The number of phenolic OH excluding ortho intramolecular Hbond substituents is 1. The van der Waals surface area contributed by atoms with Crippen LogP contribution in [0.4, 0.5) is 0 Å². The zero-order chi connectivity index (χ0) is 10.7. The number of rotatable bonds is 3. The first-order chi connectivity index (χ1) is 6.61. The average Bonchev–Trinajstić information content (AvgIpc) is 2.18. The van der Waals surface area contributed by atoms with E-state index in [1.54, 1.807) is 6.07 Å². The van der Waals surface area contributed by atoms with Gasteiger partial charge in [-0.2, -0.15) is 0 Å². The van der Waals surface area contributed by atoms with Gasteiger partial charge in [0, 0.05) is 16.6 Å². The lowest BCUT2D eigenvalue weighted by atomic mass is 10.1. The molecular formula is C9H12BrNO3. The van der Waals surface area contributed by atoms with Crippen molar-refractivity contribution in [2.75, 3.05) is 7.11 Å². The molecule has 0 bridgehead atoms. The van der Waals surface area contributed by atoms with Gasteiger partial charge >= 0.3 is 0 Å². The third kappa shape index (κ3) is 2.00. The van der Waals surface area contributed by atoms with Gasteiger partial charge in [0.15, 0.2) is 11.5 Å². The molecule has 0 saturated carbocycles. The lowest BCUT2D eigenvalue weighted by Crippen LogP contribution is -2.08. The number of halogens is 1. The Morgan fingerprint density at radius 2 is 2.21 bits per heavy atom. The average molecular weight is 262 g/mol. The molecule has 0 fully saturated rings. The van der Waals surface area contributed by atoms with Crippen LogP contribution in [0, 0.1) is 6.92 Å². The maximum Gasteiger partial charge on any atom is 0.162 e. The number of hydroxylamine groups is 1. The fourth-order valence-electron chi connectivity index (χ4n) is 1.21. The number of nitrogens with one attached hydrogen (secondary N) is 1. The summed E-state index contributed by atoms with van der Waals surface area (Å²) >= 11 is 3.34. The van der Waals surface area contributed by atoms with Crippen molar-refractivity contribution in [3.63, 3.8) is 0 Å². The fourth-order valence-corrected chi connectivity index (χ4v) is 1.66. The van der Waals surface area contributed by atoms with Gasteiger partial charge in [-0.1, -0.05) is 15.9 Å². The van der Waals surface area contributed by atoms with Crippen LogP contribution in [0.5, 0.6) is 11.5 Å². The highest BCUT2D eigenvalue weighted by molar-refractivity contribution is 9.10. The predicted octanol–water partition coefficient (Wildman–Crippen LogP) is 1.95.